The Labute approximate surface area is 171 Å². The van der Waals surface area contributed by atoms with Crippen LogP contribution in [0.25, 0.3) is 0 Å². The first-order valence-corrected chi connectivity index (χ1v) is 10.4. The highest BCUT2D eigenvalue weighted by molar-refractivity contribution is 8.02. The molecule has 4 heteroatoms. The van der Waals surface area contributed by atoms with E-state index >= 15 is 0 Å². The number of carbonyl (C=O) groups is 1. The number of carbonyl (C=O) groups excluding carboxylic acids is 1. The molecule has 1 aliphatic rings. The van der Waals surface area contributed by atoms with Crippen LogP contribution < -0.4 is 5.32 Å². The number of dihydropyridines is 1. The molecule has 28 heavy (non-hydrogen) atoms. The fourth-order valence-electron chi connectivity index (χ4n) is 3.50. The third-order valence-electron chi connectivity index (χ3n) is 4.97. The van der Waals surface area contributed by atoms with Crippen LogP contribution in [0.1, 0.15) is 43.4 Å². The molecule has 0 saturated carbocycles. The van der Waals surface area contributed by atoms with Crippen molar-refractivity contribution in [2.75, 3.05) is 0 Å². The quantitative estimate of drug-likeness (QED) is 0.713. The Hall–Kier alpha value is -2.77. The molecule has 0 aliphatic carbocycles. The van der Waals surface area contributed by atoms with Gasteiger partial charge in [0.05, 0.1) is 22.6 Å². The van der Waals surface area contributed by atoms with Gasteiger partial charge in [-0.1, -0.05) is 61.5 Å². The molecular formula is C24H24N2OS. The summed E-state index contributed by atoms with van der Waals surface area (Å²) in [7, 11) is 0. The lowest BCUT2D eigenvalue weighted by molar-refractivity contribution is -0.113. The van der Waals surface area contributed by atoms with Crippen LogP contribution in [-0.2, 0) is 17.0 Å². The second-order valence-electron chi connectivity index (χ2n) is 6.88. The monoisotopic (exact) mass is 388 g/mol. The largest absolute Gasteiger partial charge is 0.353 e. The number of Topliss-reactive ketones (excluding diaryl/α,β-unsaturated/α-hetero) is 1. The van der Waals surface area contributed by atoms with Gasteiger partial charge in [-0.25, -0.2) is 0 Å². The Kier molecular flexibility index (Phi) is 6.38. The summed E-state index contributed by atoms with van der Waals surface area (Å²) in [6, 6.07) is 20.8. The van der Waals surface area contributed by atoms with Crippen LogP contribution in [0.5, 0.6) is 0 Å². The molecule has 2 aromatic carbocycles. The molecule has 2 aromatic rings. The van der Waals surface area contributed by atoms with E-state index in [1.54, 1.807) is 18.7 Å². The fourth-order valence-corrected chi connectivity index (χ4v) is 4.55. The minimum absolute atomic E-state index is 0.00516. The van der Waals surface area contributed by atoms with Crippen molar-refractivity contribution < 1.29 is 4.79 Å². The highest BCUT2D eigenvalue weighted by atomic mass is 32.2. The van der Waals surface area contributed by atoms with Crippen molar-refractivity contribution in [1.82, 2.24) is 5.32 Å². The van der Waals surface area contributed by atoms with E-state index in [1.165, 1.54) is 11.1 Å². The first-order valence-electron chi connectivity index (χ1n) is 9.43. The topological polar surface area (TPSA) is 52.9 Å². The van der Waals surface area contributed by atoms with Crippen molar-refractivity contribution in [2.24, 2.45) is 0 Å². The number of hydrogen-bond acceptors (Lipinski definition) is 4. The first-order chi connectivity index (χ1) is 13.5. The van der Waals surface area contributed by atoms with Gasteiger partial charge >= 0.3 is 0 Å². The maximum Gasteiger partial charge on any atom is 0.158 e. The summed E-state index contributed by atoms with van der Waals surface area (Å²) < 4.78 is 0. The molecule has 0 fully saturated rings. The van der Waals surface area contributed by atoms with Gasteiger partial charge in [0.15, 0.2) is 5.78 Å². The normalized spacial score (nSPS) is 16.6. The van der Waals surface area contributed by atoms with Crippen LogP contribution in [0.3, 0.4) is 0 Å². The minimum atomic E-state index is -0.326. The highest BCUT2D eigenvalue weighted by Gasteiger charge is 2.32. The van der Waals surface area contributed by atoms with Crippen LogP contribution >= 0.6 is 11.8 Å². The zero-order valence-electron chi connectivity index (χ0n) is 16.5. The molecule has 1 atom stereocenters. The lowest BCUT2D eigenvalue weighted by atomic mass is 9.81. The summed E-state index contributed by atoms with van der Waals surface area (Å²) in [5.41, 5.74) is 5.53. The smallest absolute Gasteiger partial charge is 0.158 e. The number of allylic oxidation sites excluding steroid dienone is 3. The van der Waals surface area contributed by atoms with Gasteiger partial charge in [0, 0.05) is 17.0 Å². The van der Waals surface area contributed by atoms with Crippen LogP contribution in [0.15, 0.2) is 76.5 Å². The number of aryl methyl sites for hydroxylation is 1. The van der Waals surface area contributed by atoms with E-state index in [4.69, 9.17) is 0 Å². The summed E-state index contributed by atoms with van der Waals surface area (Å²) in [4.78, 5) is 12.4. The molecule has 1 heterocycles. The zero-order chi connectivity index (χ0) is 20.1. The Morgan fingerprint density at radius 1 is 1.11 bits per heavy atom. The van der Waals surface area contributed by atoms with E-state index < -0.39 is 0 Å². The first kappa shape index (κ1) is 20.0. The molecule has 0 aromatic heterocycles. The Bertz CT molecular complexity index is 966. The molecule has 0 bridgehead atoms. The van der Waals surface area contributed by atoms with Crippen molar-refractivity contribution in [1.29, 1.82) is 5.26 Å². The van der Waals surface area contributed by atoms with Gasteiger partial charge in [-0.3, -0.25) is 4.79 Å². The van der Waals surface area contributed by atoms with Crippen molar-refractivity contribution >= 4 is 17.5 Å². The van der Waals surface area contributed by atoms with Gasteiger partial charge in [0.1, 0.15) is 0 Å². The van der Waals surface area contributed by atoms with Gasteiger partial charge < -0.3 is 5.32 Å². The molecule has 142 valence electrons. The fraction of sp³-hybridized carbons (Fsp3) is 0.250. The van der Waals surface area contributed by atoms with Crippen molar-refractivity contribution in [2.45, 2.75) is 38.9 Å². The number of rotatable bonds is 6. The van der Waals surface area contributed by atoms with E-state index in [0.29, 0.717) is 11.1 Å². The maximum atomic E-state index is 12.4. The van der Waals surface area contributed by atoms with Crippen molar-refractivity contribution in [3.63, 3.8) is 0 Å². The lowest BCUT2D eigenvalue weighted by Crippen LogP contribution is -2.27. The number of nitriles is 1. The van der Waals surface area contributed by atoms with Crippen LogP contribution in [0.4, 0.5) is 0 Å². The summed E-state index contributed by atoms with van der Waals surface area (Å²) in [5, 5.41) is 14.1. The second kappa shape index (κ2) is 8.95. The average molecular weight is 389 g/mol. The number of hydrogen-bond donors (Lipinski definition) is 1. The molecule has 3 rings (SSSR count). The number of nitrogens with zero attached hydrogens (tertiary/aromatic N) is 1. The third-order valence-corrected chi connectivity index (χ3v) is 6.06. The van der Waals surface area contributed by atoms with E-state index in [2.05, 4.69) is 42.6 Å². The van der Waals surface area contributed by atoms with E-state index in [0.717, 1.165) is 28.5 Å². The van der Waals surface area contributed by atoms with Gasteiger partial charge in [-0.05, 0) is 37.0 Å². The third kappa shape index (κ3) is 4.21. The number of benzene rings is 2. The number of ketones is 1. The van der Waals surface area contributed by atoms with Crippen LogP contribution in [-0.4, -0.2) is 5.78 Å². The summed E-state index contributed by atoms with van der Waals surface area (Å²) >= 11 is 1.61. The predicted molar refractivity (Wildman–Crippen MR) is 115 cm³/mol. The maximum absolute atomic E-state index is 12.4. The molecule has 0 amide bonds. The summed E-state index contributed by atoms with van der Waals surface area (Å²) in [5.74, 6) is 0.431. The van der Waals surface area contributed by atoms with Crippen LogP contribution in [0.2, 0.25) is 0 Å². The highest BCUT2D eigenvalue weighted by Crippen LogP contribution is 2.41. The standard InChI is InChI=1S/C24H24N2OS/c1-4-18-10-12-20(13-11-18)23-21(14-25)24(26-16(2)22(23)17(3)27)28-15-19-8-6-5-7-9-19/h5-13,23,26H,4,15H2,1-3H3. The van der Waals surface area contributed by atoms with Gasteiger partial charge in [-0.2, -0.15) is 5.26 Å². The zero-order valence-corrected chi connectivity index (χ0v) is 17.3. The molecule has 3 nitrogen and oxygen atoms in total. The summed E-state index contributed by atoms with van der Waals surface area (Å²) in [6.45, 7) is 5.61. The van der Waals surface area contributed by atoms with Crippen LogP contribution in [0, 0.1) is 11.3 Å². The molecule has 1 aliphatic heterocycles. The van der Waals surface area contributed by atoms with E-state index in [1.807, 2.05) is 37.3 Å². The lowest BCUT2D eigenvalue weighted by Gasteiger charge is -2.29. The van der Waals surface area contributed by atoms with Gasteiger partial charge in [-0.15, -0.1) is 11.8 Å². The second-order valence-corrected chi connectivity index (χ2v) is 7.86. The predicted octanol–water partition coefficient (Wildman–Crippen LogP) is 5.47. The molecular weight excluding hydrogens is 364 g/mol. The van der Waals surface area contributed by atoms with Crippen molar-refractivity contribution in [3.05, 3.63) is 93.2 Å². The van der Waals surface area contributed by atoms with Gasteiger partial charge in [0.25, 0.3) is 0 Å². The summed E-state index contributed by atoms with van der Waals surface area (Å²) in [6.07, 6.45) is 0.958. The molecule has 1 N–H and O–H groups in total. The minimum Gasteiger partial charge on any atom is -0.353 e. The average Bonchev–Trinajstić information content (AvgIpc) is 2.72. The van der Waals surface area contributed by atoms with Gasteiger partial charge in [0.2, 0.25) is 0 Å². The number of nitrogens with one attached hydrogen (secondary N) is 1. The number of thioether (sulfide) groups is 1. The molecule has 0 spiro atoms. The molecule has 1 unspecified atom stereocenters. The Morgan fingerprint density at radius 2 is 1.79 bits per heavy atom. The Morgan fingerprint density at radius 3 is 2.36 bits per heavy atom. The molecule has 0 saturated heterocycles. The molecule has 0 radical (unpaired) electrons. The van der Waals surface area contributed by atoms with Crippen molar-refractivity contribution in [3.8, 4) is 6.07 Å². The Balaban J connectivity index is 2.01. The van der Waals surface area contributed by atoms with E-state index in [9.17, 15) is 10.1 Å². The van der Waals surface area contributed by atoms with E-state index in [-0.39, 0.29) is 11.7 Å². The SMILES string of the molecule is CCc1ccc(C2C(C#N)=C(SCc3ccccc3)NC(C)=C2C(C)=O)cc1.